The lowest BCUT2D eigenvalue weighted by molar-refractivity contribution is -0.124. The van der Waals surface area contributed by atoms with Gasteiger partial charge in [0.2, 0.25) is 10.0 Å². The van der Waals surface area contributed by atoms with E-state index >= 15 is 0 Å². The summed E-state index contributed by atoms with van der Waals surface area (Å²) < 4.78 is 103. The second-order valence-corrected chi connectivity index (χ2v) is 14.3. The Morgan fingerprint density at radius 3 is 2.48 bits per heavy atom. The van der Waals surface area contributed by atoms with E-state index in [9.17, 15) is 23.1 Å². The van der Waals surface area contributed by atoms with Crippen LogP contribution in [0.15, 0.2) is 40.7 Å². The Morgan fingerprint density at radius 1 is 1.15 bits per heavy atom. The number of carbonyl (C=O) groups excluding carboxylic acids is 2. The fourth-order valence-electron chi connectivity index (χ4n) is 5.91. The first kappa shape index (κ1) is 24.0. The molecule has 10 nitrogen and oxygen atoms in total. The highest BCUT2D eigenvalue weighted by Crippen LogP contribution is 2.34. The van der Waals surface area contributed by atoms with Crippen molar-refractivity contribution in [3.8, 4) is 5.75 Å². The van der Waals surface area contributed by atoms with Gasteiger partial charge in [0.1, 0.15) is 17.1 Å². The normalized spacial score (nSPS) is 23.9. The van der Waals surface area contributed by atoms with E-state index in [1.807, 2.05) is 0 Å². The number of sulfonamides is 1. The van der Waals surface area contributed by atoms with Crippen molar-refractivity contribution in [2.45, 2.75) is 77.2 Å². The number of halogens is 1. The van der Waals surface area contributed by atoms with Crippen LogP contribution in [-0.2, 0) is 14.8 Å². The van der Waals surface area contributed by atoms with Gasteiger partial charge in [-0.05, 0) is 106 Å². The number of piperidine rings is 2. The molecule has 0 saturated carbocycles. The van der Waals surface area contributed by atoms with Gasteiger partial charge in [-0.15, -0.1) is 0 Å². The number of rotatable bonds is 9. The summed E-state index contributed by atoms with van der Waals surface area (Å²) in [5.74, 6) is -1.09. The number of amidine groups is 1. The Balaban J connectivity index is 1.28. The zero-order valence-corrected chi connectivity index (χ0v) is 27.4. The van der Waals surface area contributed by atoms with Gasteiger partial charge in [-0.1, -0.05) is 24.8 Å². The van der Waals surface area contributed by atoms with Crippen molar-refractivity contribution in [2.24, 2.45) is 4.99 Å². The highest BCUT2D eigenvalue weighted by molar-refractivity contribution is 7.92. The molecule has 46 heavy (non-hydrogen) atoms. The Kier molecular flexibility index (Phi) is 7.02. The van der Waals surface area contributed by atoms with Gasteiger partial charge in [0.05, 0.1) is 19.9 Å². The number of aryl methyl sites for hydroxylation is 2. The van der Waals surface area contributed by atoms with Crippen LogP contribution in [0.3, 0.4) is 0 Å². The molecule has 3 aliphatic rings. The molecular formula is C34H43ClN4O6S. The summed E-state index contributed by atoms with van der Waals surface area (Å²) in [5.41, 5.74) is 0.591. The number of ether oxygens (including phenoxy) is 1. The molecule has 0 aliphatic carbocycles. The van der Waals surface area contributed by atoms with E-state index in [4.69, 9.17) is 28.7 Å². The highest BCUT2D eigenvalue weighted by Gasteiger charge is 2.47. The molecule has 0 atom stereocenters. The molecule has 0 unspecified atom stereocenters. The van der Waals surface area contributed by atoms with Crippen molar-refractivity contribution >= 4 is 45.4 Å². The third kappa shape index (κ3) is 7.33. The number of hydrogen-bond donors (Lipinski definition) is 2. The minimum atomic E-state index is -3.94. The number of carbonyl (C=O) groups is 2. The SMILES string of the molecule is [2H]C([2H])([2H])C([2H])([2H])C([2H])([2H])C([2H])([2H])Oc1cc(C2=NC3(CCN(S(=O)(=O)/C=C/c4c(C)cc(C(=O)N5CCC(C)(O)CC5)cc4C)CC3)C(=O)N2)ccc1Cl. The fraction of sp³-hybridized carbons (Fsp3) is 0.500. The van der Waals surface area contributed by atoms with E-state index in [2.05, 4.69) is 10.3 Å². The fourth-order valence-corrected chi connectivity index (χ4v) is 7.24. The summed E-state index contributed by atoms with van der Waals surface area (Å²) in [4.78, 5) is 32.8. The number of amides is 2. The smallest absolute Gasteiger partial charge is 0.253 e. The number of hydrogen-bond acceptors (Lipinski definition) is 7. The maximum Gasteiger partial charge on any atom is 0.253 e. The zero-order chi connectivity index (χ0) is 41.2. The summed E-state index contributed by atoms with van der Waals surface area (Å²) in [6.07, 6.45) is -4.84. The molecule has 0 aromatic heterocycles. The van der Waals surface area contributed by atoms with Crippen molar-refractivity contribution < 1.29 is 40.2 Å². The number of nitrogens with zero attached hydrogens (tertiary/aromatic N) is 3. The van der Waals surface area contributed by atoms with Crippen LogP contribution >= 0.6 is 11.6 Å². The van der Waals surface area contributed by atoms with Gasteiger partial charge >= 0.3 is 0 Å². The number of aliphatic imine (C=N–C) groups is 1. The van der Waals surface area contributed by atoms with Crippen LogP contribution in [0.4, 0.5) is 0 Å². The van der Waals surface area contributed by atoms with Gasteiger partial charge in [0.25, 0.3) is 11.8 Å². The molecule has 0 bridgehead atoms. The van der Waals surface area contributed by atoms with E-state index in [-0.39, 0.29) is 48.3 Å². The summed E-state index contributed by atoms with van der Waals surface area (Å²) in [6, 6.07) is 7.27. The van der Waals surface area contributed by atoms with Gasteiger partial charge in [-0.3, -0.25) is 14.6 Å². The second kappa shape index (κ2) is 13.5. The van der Waals surface area contributed by atoms with E-state index < -0.39 is 59.0 Å². The van der Waals surface area contributed by atoms with Gasteiger partial charge < -0.3 is 20.1 Å². The Morgan fingerprint density at radius 2 is 1.83 bits per heavy atom. The topological polar surface area (TPSA) is 129 Å². The molecule has 3 heterocycles. The molecular weight excluding hydrogens is 628 g/mol. The summed E-state index contributed by atoms with van der Waals surface area (Å²) in [7, 11) is -3.94. The number of benzene rings is 2. The first-order valence-corrected chi connectivity index (χ1v) is 16.7. The largest absolute Gasteiger partial charge is 0.492 e. The molecule has 2 fully saturated rings. The minimum absolute atomic E-state index is 0.0279. The lowest BCUT2D eigenvalue weighted by Crippen LogP contribution is -2.50. The van der Waals surface area contributed by atoms with Crippen molar-refractivity contribution in [1.82, 2.24) is 14.5 Å². The van der Waals surface area contributed by atoms with Crippen molar-refractivity contribution in [3.63, 3.8) is 0 Å². The predicted molar refractivity (Wildman–Crippen MR) is 180 cm³/mol. The first-order valence-electron chi connectivity index (χ1n) is 19.3. The number of nitrogens with one attached hydrogen (secondary N) is 1. The maximum absolute atomic E-state index is 13.4. The zero-order valence-electron chi connectivity index (χ0n) is 34.8. The van der Waals surface area contributed by atoms with Crippen LogP contribution in [0.2, 0.25) is 5.02 Å². The minimum Gasteiger partial charge on any atom is -0.492 e. The highest BCUT2D eigenvalue weighted by atomic mass is 35.5. The standard InChI is InChI=1S/C34H43ClN4O6S/c1-5-6-18-45-29-22-25(7-8-28(29)35)30-36-32(41)34(37-30)12-16-39(17-13-34)46(43,44)19-9-27-23(2)20-26(21-24(27)3)31(40)38-14-10-33(4,42)11-15-38/h7-9,19-22,42H,5-6,10-18H2,1-4H3,(H,36,37,41)/b19-9+/i1D3,5D2,6D2,18D2. The monoisotopic (exact) mass is 679 g/mol. The molecule has 5 rings (SSSR count). The molecule has 2 amide bonds. The lowest BCUT2D eigenvalue weighted by atomic mass is 9.89. The molecule has 1 spiro atoms. The van der Waals surface area contributed by atoms with E-state index in [0.29, 0.717) is 48.2 Å². The average molecular weight is 680 g/mol. The van der Waals surface area contributed by atoms with Crippen LogP contribution in [0, 0.1) is 13.8 Å². The lowest BCUT2D eigenvalue weighted by Gasteiger charge is -2.36. The van der Waals surface area contributed by atoms with Crippen LogP contribution in [0.25, 0.3) is 6.08 Å². The van der Waals surface area contributed by atoms with Crippen molar-refractivity contribution in [1.29, 1.82) is 0 Å². The average Bonchev–Trinajstić information content (AvgIpc) is 3.38. The quantitative estimate of drug-likeness (QED) is 0.391. The maximum atomic E-state index is 13.4. The van der Waals surface area contributed by atoms with E-state index in [1.54, 1.807) is 37.8 Å². The number of likely N-dealkylation sites (tertiary alicyclic amines) is 1. The van der Waals surface area contributed by atoms with Gasteiger partial charge in [-0.25, -0.2) is 8.42 Å². The van der Waals surface area contributed by atoms with Gasteiger partial charge in [-0.2, -0.15) is 4.31 Å². The number of aliphatic hydroxyl groups is 1. The molecule has 0 radical (unpaired) electrons. The Hall–Kier alpha value is -3.25. The summed E-state index contributed by atoms with van der Waals surface area (Å²) in [6.45, 7) is -0.931. The van der Waals surface area contributed by atoms with Crippen LogP contribution in [0.5, 0.6) is 5.75 Å². The third-order valence-electron chi connectivity index (χ3n) is 8.74. The van der Waals surface area contributed by atoms with Crippen molar-refractivity contribution in [2.75, 3.05) is 32.7 Å². The second-order valence-electron chi connectivity index (χ2n) is 12.1. The van der Waals surface area contributed by atoms with Crippen LogP contribution < -0.4 is 10.1 Å². The predicted octanol–water partition coefficient (Wildman–Crippen LogP) is 4.83. The molecule has 3 aliphatic heterocycles. The first-order chi connectivity index (χ1) is 25.1. The molecule has 12 heteroatoms. The third-order valence-corrected chi connectivity index (χ3v) is 10.6. The summed E-state index contributed by atoms with van der Waals surface area (Å²) >= 11 is 6.19. The van der Waals surface area contributed by atoms with E-state index in [1.165, 1.54) is 22.5 Å². The Labute approximate surface area is 289 Å². The summed E-state index contributed by atoms with van der Waals surface area (Å²) in [5, 5.41) is 13.8. The van der Waals surface area contributed by atoms with Crippen LogP contribution in [0.1, 0.15) is 97.2 Å². The molecule has 248 valence electrons. The van der Waals surface area contributed by atoms with Crippen molar-refractivity contribution in [3.05, 3.63) is 68.6 Å². The molecule has 2 aromatic rings. The van der Waals surface area contributed by atoms with E-state index in [0.717, 1.165) is 11.5 Å². The Bertz CT molecular complexity index is 2020. The van der Waals surface area contributed by atoms with Gasteiger partial charge in [0.15, 0.2) is 0 Å². The molecule has 2 aromatic carbocycles. The molecule has 2 saturated heterocycles. The molecule has 2 N–H and O–H groups in total. The van der Waals surface area contributed by atoms with Gasteiger partial charge in [0, 0.05) is 52.3 Å². The van der Waals surface area contributed by atoms with Crippen LogP contribution in [-0.4, -0.2) is 84.3 Å².